The highest BCUT2D eigenvalue weighted by molar-refractivity contribution is 5.96. The molecular formula is C18H18N2O3. The van der Waals surface area contributed by atoms with Gasteiger partial charge in [-0.05, 0) is 43.0 Å². The van der Waals surface area contributed by atoms with E-state index in [0.717, 1.165) is 22.4 Å². The molecule has 0 spiro atoms. The summed E-state index contributed by atoms with van der Waals surface area (Å²) in [7, 11) is 0. The Hall–Kier alpha value is -2.69. The van der Waals surface area contributed by atoms with E-state index in [9.17, 15) is 14.9 Å². The van der Waals surface area contributed by atoms with Crippen molar-refractivity contribution in [1.29, 1.82) is 0 Å². The van der Waals surface area contributed by atoms with Crippen LogP contribution in [0.15, 0.2) is 36.4 Å². The smallest absolute Gasteiger partial charge is 0.269 e. The first kappa shape index (κ1) is 15.2. The molecular weight excluding hydrogens is 292 g/mol. The summed E-state index contributed by atoms with van der Waals surface area (Å²) in [6.45, 7) is 4.57. The van der Waals surface area contributed by atoms with Gasteiger partial charge in [0, 0.05) is 24.2 Å². The molecule has 1 aliphatic rings. The Morgan fingerprint density at radius 3 is 2.61 bits per heavy atom. The minimum Gasteiger partial charge on any atom is -0.308 e. The van der Waals surface area contributed by atoms with Crippen molar-refractivity contribution in [3.8, 4) is 0 Å². The van der Waals surface area contributed by atoms with Crippen LogP contribution >= 0.6 is 0 Å². The fraction of sp³-hybridized carbons (Fsp3) is 0.278. The molecule has 118 valence electrons. The molecule has 1 amide bonds. The highest BCUT2D eigenvalue weighted by Crippen LogP contribution is 2.32. The van der Waals surface area contributed by atoms with Gasteiger partial charge >= 0.3 is 0 Å². The third-order valence-electron chi connectivity index (χ3n) is 4.30. The number of rotatable bonds is 3. The Kier molecular flexibility index (Phi) is 3.86. The van der Waals surface area contributed by atoms with Gasteiger partial charge in [0.15, 0.2) is 0 Å². The number of nitro benzene ring substituents is 1. The zero-order chi connectivity index (χ0) is 16.6. The quantitative estimate of drug-likeness (QED) is 0.641. The monoisotopic (exact) mass is 310 g/mol. The highest BCUT2D eigenvalue weighted by atomic mass is 16.6. The van der Waals surface area contributed by atoms with E-state index in [4.69, 9.17) is 0 Å². The second kappa shape index (κ2) is 5.83. The van der Waals surface area contributed by atoms with E-state index >= 15 is 0 Å². The molecule has 0 saturated heterocycles. The van der Waals surface area contributed by atoms with E-state index < -0.39 is 4.92 Å². The van der Waals surface area contributed by atoms with Crippen LogP contribution in [-0.4, -0.2) is 10.8 Å². The summed E-state index contributed by atoms with van der Waals surface area (Å²) in [5.74, 6) is 0.0614. The Balaban J connectivity index is 1.97. The molecule has 0 saturated carbocycles. The first-order chi connectivity index (χ1) is 11.0. The fourth-order valence-corrected chi connectivity index (χ4v) is 3.03. The summed E-state index contributed by atoms with van der Waals surface area (Å²) in [4.78, 5) is 24.6. The zero-order valence-electron chi connectivity index (χ0n) is 13.2. The molecule has 0 aliphatic carbocycles. The van der Waals surface area contributed by atoms with Gasteiger partial charge in [0.1, 0.15) is 0 Å². The SMILES string of the molecule is Cc1ccc(CN2C(=O)CCc3cc([N+](=O)[O-])ccc32)c(C)c1. The van der Waals surface area contributed by atoms with Gasteiger partial charge < -0.3 is 4.90 Å². The first-order valence-corrected chi connectivity index (χ1v) is 7.59. The van der Waals surface area contributed by atoms with Crippen molar-refractivity contribution in [2.75, 3.05) is 4.90 Å². The molecule has 1 heterocycles. The third kappa shape index (κ3) is 2.95. The number of amides is 1. The number of nitro groups is 1. The van der Waals surface area contributed by atoms with E-state index in [0.29, 0.717) is 19.4 Å². The van der Waals surface area contributed by atoms with E-state index in [1.165, 1.54) is 11.6 Å². The van der Waals surface area contributed by atoms with Crippen LogP contribution in [0.5, 0.6) is 0 Å². The molecule has 2 aromatic carbocycles. The topological polar surface area (TPSA) is 63.5 Å². The second-order valence-corrected chi connectivity index (χ2v) is 5.98. The van der Waals surface area contributed by atoms with Gasteiger partial charge in [0.25, 0.3) is 5.69 Å². The Labute approximate surface area is 134 Å². The molecule has 0 radical (unpaired) electrons. The number of nitrogens with zero attached hydrogens (tertiary/aromatic N) is 2. The second-order valence-electron chi connectivity index (χ2n) is 5.98. The first-order valence-electron chi connectivity index (χ1n) is 7.59. The van der Waals surface area contributed by atoms with Crippen molar-refractivity contribution in [2.45, 2.75) is 33.2 Å². The van der Waals surface area contributed by atoms with Crippen LogP contribution < -0.4 is 4.90 Å². The number of non-ortho nitro benzene ring substituents is 1. The fourth-order valence-electron chi connectivity index (χ4n) is 3.03. The van der Waals surface area contributed by atoms with E-state index in [1.807, 2.05) is 26.0 Å². The third-order valence-corrected chi connectivity index (χ3v) is 4.30. The largest absolute Gasteiger partial charge is 0.308 e. The maximum absolute atomic E-state index is 12.4. The molecule has 0 atom stereocenters. The van der Waals surface area contributed by atoms with Crippen LogP contribution in [0.1, 0.15) is 28.7 Å². The van der Waals surface area contributed by atoms with Crippen LogP contribution in [0, 0.1) is 24.0 Å². The van der Waals surface area contributed by atoms with Crippen molar-refractivity contribution < 1.29 is 9.72 Å². The normalized spacial score (nSPS) is 13.8. The molecule has 5 nitrogen and oxygen atoms in total. The molecule has 0 unspecified atom stereocenters. The lowest BCUT2D eigenvalue weighted by Crippen LogP contribution is -2.34. The van der Waals surface area contributed by atoms with E-state index in [2.05, 4.69) is 6.07 Å². The number of hydrogen-bond acceptors (Lipinski definition) is 3. The van der Waals surface area contributed by atoms with Gasteiger partial charge in [-0.3, -0.25) is 14.9 Å². The summed E-state index contributed by atoms with van der Waals surface area (Å²) in [5, 5.41) is 10.9. The average molecular weight is 310 g/mol. The van der Waals surface area contributed by atoms with Gasteiger partial charge in [-0.1, -0.05) is 23.8 Å². The van der Waals surface area contributed by atoms with Crippen molar-refractivity contribution in [3.05, 3.63) is 68.8 Å². The van der Waals surface area contributed by atoms with Crippen molar-refractivity contribution in [1.82, 2.24) is 0 Å². The molecule has 2 aromatic rings. The molecule has 5 heteroatoms. The highest BCUT2D eigenvalue weighted by Gasteiger charge is 2.26. The number of anilines is 1. The molecule has 0 N–H and O–H groups in total. The summed E-state index contributed by atoms with van der Waals surface area (Å²) in [6.07, 6.45) is 0.943. The van der Waals surface area contributed by atoms with Gasteiger partial charge in [-0.2, -0.15) is 0 Å². The van der Waals surface area contributed by atoms with Crippen LogP contribution in [0.4, 0.5) is 11.4 Å². The zero-order valence-corrected chi connectivity index (χ0v) is 13.2. The lowest BCUT2D eigenvalue weighted by molar-refractivity contribution is -0.384. The van der Waals surface area contributed by atoms with Gasteiger partial charge in [-0.25, -0.2) is 0 Å². The summed E-state index contributed by atoms with van der Waals surface area (Å²) >= 11 is 0. The van der Waals surface area contributed by atoms with Crippen molar-refractivity contribution in [2.24, 2.45) is 0 Å². The molecule has 3 rings (SSSR count). The number of benzene rings is 2. The van der Waals surface area contributed by atoms with Crippen molar-refractivity contribution in [3.63, 3.8) is 0 Å². The Bertz CT molecular complexity index is 799. The summed E-state index contributed by atoms with van der Waals surface area (Å²) in [5.41, 5.74) is 5.15. The number of fused-ring (bicyclic) bond motifs is 1. The van der Waals surface area contributed by atoms with Crippen LogP contribution in [0.3, 0.4) is 0 Å². The van der Waals surface area contributed by atoms with Crippen LogP contribution in [0.2, 0.25) is 0 Å². The Morgan fingerprint density at radius 1 is 1.13 bits per heavy atom. The van der Waals surface area contributed by atoms with Crippen molar-refractivity contribution >= 4 is 17.3 Å². The Morgan fingerprint density at radius 2 is 1.91 bits per heavy atom. The van der Waals surface area contributed by atoms with Gasteiger partial charge in [0.05, 0.1) is 11.5 Å². The molecule has 0 fully saturated rings. The minimum atomic E-state index is -0.398. The number of hydrogen-bond donors (Lipinski definition) is 0. The number of aryl methyl sites for hydroxylation is 3. The number of carbonyl (C=O) groups excluding carboxylic acids is 1. The molecule has 23 heavy (non-hydrogen) atoms. The van der Waals surface area contributed by atoms with Gasteiger partial charge in [-0.15, -0.1) is 0 Å². The summed E-state index contributed by atoms with van der Waals surface area (Å²) < 4.78 is 0. The predicted molar refractivity (Wildman–Crippen MR) is 88.5 cm³/mol. The standard InChI is InChI=1S/C18H18N2O3/c1-12-3-4-15(13(2)9-12)11-19-17-7-6-16(20(22)23)10-14(17)5-8-18(19)21/h3-4,6-7,9-10H,5,8,11H2,1-2H3. The minimum absolute atomic E-state index is 0.0614. The summed E-state index contributed by atoms with van der Waals surface area (Å²) in [6, 6.07) is 10.9. The maximum Gasteiger partial charge on any atom is 0.269 e. The van der Waals surface area contributed by atoms with E-state index in [1.54, 1.807) is 17.0 Å². The van der Waals surface area contributed by atoms with Crippen LogP contribution in [-0.2, 0) is 17.8 Å². The van der Waals surface area contributed by atoms with Crippen LogP contribution in [0.25, 0.3) is 0 Å². The maximum atomic E-state index is 12.4. The molecule has 0 bridgehead atoms. The molecule has 0 aromatic heterocycles. The lowest BCUT2D eigenvalue weighted by atomic mass is 9.98. The predicted octanol–water partition coefficient (Wildman–Crippen LogP) is 3.69. The number of carbonyl (C=O) groups is 1. The lowest BCUT2D eigenvalue weighted by Gasteiger charge is -2.30. The molecule has 1 aliphatic heterocycles. The van der Waals surface area contributed by atoms with Gasteiger partial charge in [0.2, 0.25) is 5.91 Å². The average Bonchev–Trinajstić information content (AvgIpc) is 2.51. The van der Waals surface area contributed by atoms with E-state index in [-0.39, 0.29) is 11.6 Å².